The molecule has 0 radical (unpaired) electrons. The van der Waals surface area contributed by atoms with E-state index in [1.165, 1.54) is 11.3 Å². The number of nitrogens with one attached hydrogen (secondary N) is 2. The van der Waals surface area contributed by atoms with E-state index in [1.807, 2.05) is 13.8 Å². The lowest BCUT2D eigenvalue weighted by Gasteiger charge is -2.21. The minimum absolute atomic E-state index is 0.0335. The van der Waals surface area contributed by atoms with E-state index in [-0.39, 0.29) is 23.7 Å². The molecule has 0 aliphatic heterocycles. The zero-order valence-corrected chi connectivity index (χ0v) is 12.9. The summed E-state index contributed by atoms with van der Waals surface area (Å²) in [6, 6.07) is 0.460. The number of anilines is 2. The fraction of sp³-hybridized carbons (Fsp3) is 0.692. The van der Waals surface area contributed by atoms with Gasteiger partial charge in [-0.3, -0.25) is 4.79 Å². The van der Waals surface area contributed by atoms with Crippen LogP contribution in [0.5, 0.6) is 0 Å². The summed E-state index contributed by atoms with van der Waals surface area (Å²) in [5, 5.41) is 6.94. The van der Waals surface area contributed by atoms with E-state index in [4.69, 9.17) is 10.5 Å². The molecule has 0 saturated heterocycles. The molecule has 7 heteroatoms. The van der Waals surface area contributed by atoms with Crippen LogP contribution in [0.2, 0.25) is 0 Å². The van der Waals surface area contributed by atoms with Crippen molar-refractivity contribution in [3.8, 4) is 0 Å². The molecule has 1 aliphatic carbocycles. The molecule has 1 atom stereocenters. The summed E-state index contributed by atoms with van der Waals surface area (Å²) in [5.74, 6) is 0.396. The Morgan fingerprint density at radius 3 is 2.80 bits per heavy atom. The third-order valence-electron chi connectivity index (χ3n) is 3.23. The van der Waals surface area contributed by atoms with Crippen LogP contribution in [0.1, 0.15) is 36.4 Å². The number of carbonyl (C=O) groups is 1. The van der Waals surface area contributed by atoms with E-state index >= 15 is 0 Å². The van der Waals surface area contributed by atoms with Gasteiger partial charge in [-0.2, -0.15) is 0 Å². The second-order valence-corrected chi connectivity index (χ2v) is 6.43. The average molecular weight is 298 g/mol. The third-order valence-corrected chi connectivity index (χ3v) is 4.23. The highest BCUT2D eigenvalue weighted by atomic mass is 32.1. The topological polar surface area (TPSA) is 89.3 Å². The Balaban J connectivity index is 2.01. The first-order chi connectivity index (χ1) is 9.51. The molecule has 20 heavy (non-hydrogen) atoms. The number of ether oxygens (including phenoxy) is 1. The molecule has 0 aromatic carbocycles. The summed E-state index contributed by atoms with van der Waals surface area (Å²) >= 11 is 1.31. The van der Waals surface area contributed by atoms with Gasteiger partial charge in [-0.05, 0) is 18.8 Å². The van der Waals surface area contributed by atoms with E-state index in [1.54, 1.807) is 7.11 Å². The number of rotatable bonds is 7. The average Bonchev–Trinajstić information content (AvgIpc) is 3.10. The van der Waals surface area contributed by atoms with Gasteiger partial charge >= 0.3 is 0 Å². The number of thiazole rings is 1. The van der Waals surface area contributed by atoms with E-state index < -0.39 is 0 Å². The Kier molecular flexibility index (Phi) is 4.82. The molecule has 6 nitrogen and oxygen atoms in total. The quantitative estimate of drug-likeness (QED) is 0.713. The highest BCUT2D eigenvalue weighted by Crippen LogP contribution is 2.30. The molecule has 0 spiro atoms. The second-order valence-electron chi connectivity index (χ2n) is 5.43. The van der Waals surface area contributed by atoms with Crippen LogP contribution in [0.15, 0.2) is 0 Å². The van der Waals surface area contributed by atoms with Crippen LogP contribution in [0.25, 0.3) is 0 Å². The Labute approximate surface area is 123 Å². The monoisotopic (exact) mass is 298 g/mol. The lowest BCUT2D eigenvalue weighted by Crippen LogP contribution is -2.41. The number of aromatic nitrogens is 1. The van der Waals surface area contributed by atoms with Gasteiger partial charge in [0.05, 0.1) is 12.6 Å². The Morgan fingerprint density at radius 2 is 2.25 bits per heavy atom. The molecule has 1 saturated carbocycles. The van der Waals surface area contributed by atoms with E-state index in [0.717, 1.165) is 18.0 Å². The fourth-order valence-corrected chi connectivity index (χ4v) is 2.64. The molecular weight excluding hydrogens is 276 g/mol. The van der Waals surface area contributed by atoms with Gasteiger partial charge < -0.3 is 21.1 Å². The van der Waals surface area contributed by atoms with Crippen molar-refractivity contribution in [1.29, 1.82) is 0 Å². The van der Waals surface area contributed by atoms with Gasteiger partial charge in [-0.15, -0.1) is 0 Å². The number of hydrogen-bond donors (Lipinski definition) is 3. The normalized spacial score (nSPS) is 16.2. The Hall–Kier alpha value is -1.34. The summed E-state index contributed by atoms with van der Waals surface area (Å²) in [7, 11) is 1.63. The molecule has 1 aromatic heterocycles. The summed E-state index contributed by atoms with van der Waals surface area (Å²) in [6.45, 7) is 4.56. The largest absolute Gasteiger partial charge is 0.383 e. The highest BCUT2D eigenvalue weighted by Gasteiger charge is 2.25. The van der Waals surface area contributed by atoms with Gasteiger partial charge in [0.25, 0.3) is 5.91 Å². The zero-order chi connectivity index (χ0) is 14.7. The first-order valence-electron chi connectivity index (χ1n) is 6.84. The van der Waals surface area contributed by atoms with Gasteiger partial charge in [-0.1, -0.05) is 25.2 Å². The lowest BCUT2D eigenvalue weighted by atomic mass is 10.1. The summed E-state index contributed by atoms with van der Waals surface area (Å²) in [5.41, 5.74) is 5.83. The van der Waals surface area contributed by atoms with E-state index in [9.17, 15) is 4.79 Å². The van der Waals surface area contributed by atoms with Crippen LogP contribution >= 0.6 is 11.3 Å². The van der Waals surface area contributed by atoms with Crippen molar-refractivity contribution < 1.29 is 9.53 Å². The van der Waals surface area contributed by atoms with Crippen LogP contribution < -0.4 is 16.4 Å². The molecule has 112 valence electrons. The van der Waals surface area contributed by atoms with Crippen molar-refractivity contribution in [2.24, 2.45) is 5.92 Å². The predicted molar refractivity (Wildman–Crippen MR) is 81.1 cm³/mol. The third kappa shape index (κ3) is 3.83. The molecule has 0 bridgehead atoms. The van der Waals surface area contributed by atoms with Crippen molar-refractivity contribution >= 4 is 28.2 Å². The van der Waals surface area contributed by atoms with Gasteiger partial charge in [0.15, 0.2) is 5.13 Å². The molecule has 1 aliphatic rings. The van der Waals surface area contributed by atoms with Crippen LogP contribution in [0.4, 0.5) is 10.9 Å². The van der Waals surface area contributed by atoms with Crippen molar-refractivity contribution in [2.45, 2.75) is 38.8 Å². The predicted octanol–water partition coefficient (Wildman–Crippen LogP) is 1.70. The number of methoxy groups -OCH3 is 1. The molecule has 1 aromatic rings. The summed E-state index contributed by atoms with van der Waals surface area (Å²) < 4.78 is 5.13. The van der Waals surface area contributed by atoms with E-state index in [0.29, 0.717) is 17.5 Å². The van der Waals surface area contributed by atoms with Crippen LogP contribution in [0.3, 0.4) is 0 Å². The van der Waals surface area contributed by atoms with Crippen LogP contribution in [-0.4, -0.2) is 36.7 Å². The van der Waals surface area contributed by atoms with Crippen molar-refractivity contribution in [1.82, 2.24) is 10.3 Å². The molecule has 4 N–H and O–H groups in total. The minimum atomic E-state index is -0.181. The Bertz CT molecular complexity index is 471. The number of carbonyl (C=O) groups excluding carboxylic acids is 1. The maximum atomic E-state index is 12.3. The van der Waals surface area contributed by atoms with Crippen molar-refractivity contribution in [3.05, 3.63) is 4.88 Å². The first kappa shape index (κ1) is 15.1. The van der Waals surface area contributed by atoms with Crippen molar-refractivity contribution in [2.75, 3.05) is 24.8 Å². The Morgan fingerprint density at radius 1 is 1.55 bits per heavy atom. The van der Waals surface area contributed by atoms with Gasteiger partial charge in [-0.25, -0.2) is 4.98 Å². The van der Waals surface area contributed by atoms with Gasteiger partial charge in [0, 0.05) is 13.2 Å². The molecule has 2 rings (SSSR count). The smallest absolute Gasteiger partial charge is 0.265 e. The number of nitrogens with zero attached hydrogens (tertiary/aromatic N) is 1. The second kappa shape index (κ2) is 6.41. The number of amides is 1. The maximum Gasteiger partial charge on any atom is 0.265 e. The number of nitrogens with two attached hydrogens (primary N) is 1. The molecule has 1 amide bonds. The molecule has 1 unspecified atom stereocenters. The highest BCUT2D eigenvalue weighted by molar-refractivity contribution is 7.18. The fourth-order valence-electron chi connectivity index (χ4n) is 1.77. The first-order valence-corrected chi connectivity index (χ1v) is 7.65. The summed E-state index contributed by atoms with van der Waals surface area (Å²) in [6.07, 6.45) is 2.31. The van der Waals surface area contributed by atoms with Gasteiger partial charge in [0.1, 0.15) is 10.7 Å². The summed E-state index contributed by atoms with van der Waals surface area (Å²) in [4.78, 5) is 16.9. The SMILES string of the molecule is COCC(NC(=O)c1sc(NC2CC2)nc1N)C(C)C. The van der Waals surface area contributed by atoms with Crippen LogP contribution in [-0.2, 0) is 4.74 Å². The molecule has 1 heterocycles. The maximum absolute atomic E-state index is 12.3. The minimum Gasteiger partial charge on any atom is -0.383 e. The van der Waals surface area contributed by atoms with Crippen molar-refractivity contribution in [3.63, 3.8) is 0 Å². The van der Waals surface area contributed by atoms with Gasteiger partial charge in [0.2, 0.25) is 0 Å². The number of hydrogen-bond acceptors (Lipinski definition) is 6. The molecule has 1 fully saturated rings. The number of nitrogen functional groups attached to an aromatic ring is 1. The standard InChI is InChI=1S/C13H22N4O2S/c1-7(2)9(6-19-3)16-12(18)10-11(14)17-13(20-10)15-8-4-5-8/h7-9H,4-6,14H2,1-3H3,(H,15,17)(H,16,18). The lowest BCUT2D eigenvalue weighted by molar-refractivity contribution is 0.0871. The van der Waals surface area contributed by atoms with E-state index in [2.05, 4.69) is 15.6 Å². The van der Waals surface area contributed by atoms with Crippen LogP contribution in [0, 0.1) is 5.92 Å². The molecular formula is C13H22N4O2S. The zero-order valence-electron chi connectivity index (χ0n) is 12.1.